The number of rotatable bonds is 4. The number of carboxylic acids is 1. The summed E-state index contributed by atoms with van der Waals surface area (Å²) < 4.78 is 5.33. The number of ether oxygens (including phenoxy) is 1. The van der Waals surface area contributed by atoms with E-state index in [9.17, 15) is 4.79 Å². The van der Waals surface area contributed by atoms with Gasteiger partial charge in [-0.05, 0) is 12.5 Å². The molecule has 0 amide bonds. The van der Waals surface area contributed by atoms with Gasteiger partial charge in [0.25, 0.3) is 0 Å². The van der Waals surface area contributed by atoms with E-state index in [1.54, 1.807) is 6.08 Å². The normalized spacial score (nSPS) is 30.8. The molecule has 0 heterocycles. The highest BCUT2D eigenvalue weighted by Crippen LogP contribution is 2.19. The fourth-order valence-electron chi connectivity index (χ4n) is 1.51. The van der Waals surface area contributed by atoms with Crippen molar-refractivity contribution >= 4 is 5.97 Å². The lowest BCUT2D eigenvalue weighted by Crippen LogP contribution is -2.52. The Kier molecular flexibility index (Phi) is 4.02. The Hall–Kier alpha value is -1.17. The van der Waals surface area contributed by atoms with Crippen LogP contribution >= 0.6 is 0 Å². The SMILES string of the molecule is C=CCOC1C=C(C(=O)O)CC(N)C1N. The second-order valence-corrected chi connectivity index (χ2v) is 3.53. The van der Waals surface area contributed by atoms with Crippen molar-refractivity contribution in [3.05, 3.63) is 24.3 Å². The van der Waals surface area contributed by atoms with Crippen molar-refractivity contribution in [3.63, 3.8) is 0 Å². The van der Waals surface area contributed by atoms with Gasteiger partial charge in [0.1, 0.15) is 0 Å². The molecule has 3 atom stereocenters. The summed E-state index contributed by atoms with van der Waals surface area (Å²) in [6.45, 7) is 3.84. The smallest absolute Gasteiger partial charge is 0.331 e. The maximum Gasteiger partial charge on any atom is 0.331 e. The molecule has 3 unspecified atom stereocenters. The van der Waals surface area contributed by atoms with Crippen LogP contribution in [0.5, 0.6) is 0 Å². The average molecular weight is 212 g/mol. The summed E-state index contributed by atoms with van der Waals surface area (Å²) in [5.41, 5.74) is 11.8. The third-order valence-corrected chi connectivity index (χ3v) is 2.38. The van der Waals surface area contributed by atoms with Crippen LogP contribution < -0.4 is 11.5 Å². The molecule has 1 aliphatic rings. The van der Waals surface area contributed by atoms with Crippen LogP contribution in [-0.4, -0.2) is 35.9 Å². The Balaban J connectivity index is 2.77. The lowest BCUT2D eigenvalue weighted by Gasteiger charge is -2.31. The van der Waals surface area contributed by atoms with E-state index in [1.807, 2.05) is 0 Å². The number of nitrogens with two attached hydrogens (primary N) is 2. The van der Waals surface area contributed by atoms with Crippen LogP contribution in [0.4, 0.5) is 0 Å². The number of aliphatic carboxylic acids is 1. The van der Waals surface area contributed by atoms with Gasteiger partial charge in [-0.25, -0.2) is 4.79 Å². The molecule has 1 rings (SSSR count). The van der Waals surface area contributed by atoms with E-state index in [0.717, 1.165) is 0 Å². The van der Waals surface area contributed by atoms with Gasteiger partial charge in [0, 0.05) is 17.7 Å². The van der Waals surface area contributed by atoms with E-state index in [1.165, 1.54) is 6.08 Å². The van der Waals surface area contributed by atoms with Crippen molar-refractivity contribution < 1.29 is 14.6 Å². The molecule has 0 saturated carbocycles. The first-order valence-electron chi connectivity index (χ1n) is 4.74. The van der Waals surface area contributed by atoms with Gasteiger partial charge in [-0.2, -0.15) is 0 Å². The summed E-state index contributed by atoms with van der Waals surface area (Å²) in [7, 11) is 0. The Morgan fingerprint density at radius 1 is 1.73 bits per heavy atom. The molecule has 15 heavy (non-hydrogen) atoms. The highest BCUT2D eigenvalue weighted by Gasteiger charge is 2.30. The summed E-state index contributed by atoms with van der Waals surface area (Å²) in [6, 6.07) is -0.746. The molecule has 0 bridgehead atoms. The van der Waals surface area contributed by atoms with Crippen LogP contribution in [0, 0.1) is 0 Å². The zero-order valence-corrected chi connectivity index (χ0v) is 8.43. The first kappa shape index (κ1) is 11.9. The average Bonchev–Trinajstić information content (AvgIpc) is 2.19. The molecule has 5 N–H and O–H groups in total. The Morgan fingerprint density at radius 3 is 2.93 bits per heavy atom. The molecule has 0 aromatic heterocycles. The second-order valence-electron chi connectivity index (χ2n) is 3.53. The van der Waals surface area contributed by atoms with Crippen LogP contribution in [0.15, 0.2) is 24.3 Å². The summed E-state index contributed by atoms with van der Waals surface area (Å²) in [5.74, 6) is -0.968. The summed E-state index contributed by atoms with van der Waals surface area (Å²) >= 11 is 0. The molecule has 0 aliphatic heterocycles. The number of hydrogen-bond donors (Lipinski definition) is 3. The van der Waals surface area contributed by atoms with E-state index < -0.39 is 12.1 Å². The zero-order valence-electron chi connectivity index (χ0n) is 8.43. The van der Waals surface area contributed by atoms with Crippen LogP contribution in [0.1, 0.15) is 6.42 Å². The molecule has 5 nitrogen and oxygen atoms in total. The fourth-order valence-corrected chi connectivity index (χ4v) is 1.51. The van der Waals surface area contributed by atoms with Crippen LogP contribution in [0.25, 0.3) is 0 Å². The Labute approximate surface area is 88.4 Å². The molecule has 0 aromatic rings. The second kappa shape index (κ2) is 5.06. The van der Waals surface area contributed by atoms with Crippen LogP contribution in [-0.2, 0) is 9.53 Å². The minimum absolute atomic E-state index is 0.262. The van der Waals surface area contributed by atoms with E-state index in [2.05, 4.69) is 6.58 Å². The van der Waals surface area contributed by atoms with Gasteiger partial charge < -0.3 is 21.3 Å². The van der Waals surface area contributed by atoms with E-state index >= 15 is 0 Å². The lowest BCUT2D eigenvalue weighted by molar-refractivity contribution is -0.133. The first-order valence-corrected chi connectivity index (χ1v) is 4.74. The molecule has 0 saturated heterocycles. The fraction of sp³-hybridized carbons (Fsp3) is 0.500. The molecule has 0 fully saturated rings. The molecule has 5 heteroatoms. The number of hydrogen-bond acceptors (Lipinski definition) is 4. The number of carboxylic acid groups (broad SMARTS) is 1. The molecule has 84 valence electrons. The minimum Gasteiger partial charge on any atom is -0.478 e. The molecular weight excluding hydrogens is 196 g/mol. The highest BCUT2D eigenvalue weighted by molar-refractivity contribution is 5.87. The predicted octanol–water partition coefficient (Wildman–Crippen LogP) is -0.373. The standard InChI is InChI=1S/C10H16N2O3/c1-2-3-15-8-5-6(10(13)14)4-7(11)9(8)12/h2,5,7-9H,1,3-4,11-12H2,(H,13,14). The zero-order chi connectivity index (χ0) is 11.4. The summed E-state index contributed by atoms with van der Waals surface area (Å²) in [5, 5.41) is 8.85. The monoisotopic (exact) mass is 212 g/mol. The molecule has 0 aromatic carbocycles. The van der Waals surface area contributed by atoms with E-state index in [-0.39, 0.29) is 24.1 Å². The van der Waals surface area contributed by atoms with Crippen molar-refractivity contribution in [1.29, 1.82) is 0 Å². The number of carbonyl (C=O) groups is 1. The third-order valence-electron chi connectivity index (χ3n) is 2.38. The van der Waals surface area contributed by atoms with Crippen molar-refractivity contribution in [3.8, 4) is 0 Å². The predicted molar refractivity (Wildman–Crippen MR) is 56.2 cm³/mol. The summed E-state index contributed by atoms with van der Waals surface area (Å²) in [4.78, 5) is 10.8. The van der Waals surface area contributed by atoms with Gasteiger partial charge in [-0.3, -0.25) is 0 Å². The van der Waals surface area contributed by atoms with Gasteiger partial charge in [0.05, 0.1) is 12.7 Å². The quantitative estimate of drug-likeness (QED) is 0.552. The van der Waals surface area contributed by atoms with Crippen molar-refractivity contribution in [2.24, 2.45) is 11.5 Å². The van der Waals surface area contributed by atoms with Crippen LogP contribution in [0.2, 0.25) is 0 Å². The Bertz CT molecular complexity index is 288. The largest absolute Gasteiger partial charge is 0.478 e. The van der Waals surface area contributed by atoms with Gasteiger partial charge in [-0.1, -0.05) is 6.08 Å². The minimum atomic E-state index is -0.968. The van der Waals surface area contributed by atoms with E-state index in [0.29, 0.717) is 6.61 Å². The maximum absolute atomic E-state index is 10.8. The third kappa shape index (κ3) is 2.89. The van der Waals surface area contributed by atoms with Crippen molar-refractivity contribution in [2.75, 3.05) is 6.61 Å². The van der Waals surface area contributed by atoms with Gasteiger partial charge in [0.2, 0.25) is 0 Å². The van der Waals surface area contributed by atoms with Gasteiger partial charge in [0.15, 0.2) is 0 Å². The lowest BCUT2D eigenvalue weighted by atomic mass is 9.89. The maximum atomic E-state index is 10.8. The molecular formula is C10H16N2O3. The van der Waals surface area contributed by atoms with Crippen molar-refractivity contribution in [1.82, 2.24) is 0 Å². The summed E-state index contributed by atoms with van der Waals surface area (Å²) in [6.07, 6.45) is 2.95. The topological polar surface area (TPSA) is 98.6 Å². The molecule has 1 aliphatic carbocycles. The molecule has 0 spiro atoms. The first-order chi connectivity index (χ1) is 7.06. The Morgan fingerprint density at radius 2 is 2.40 bits per heavy atom. The highest BCUT2D eigenvalue weighted by atomic mass is 16.5. The van der Waals surface area contributed by atoms with Gasteiger partial charge in [-0.15, -0.1) is 6.58 Å². The van der Waals surface area contributed by atoms with E-state index in [4.69, 9.17) is 21.3 Å². The van der Waals surface area contributed by atoms with Crippen molar-refractivity contribution in [2.45, 2.75) is 24.6 Å². The molecule has 0 radical (unpaired) electrons. The van der Waals surface area contributed by atoms with Crippen LogP contribution in [0.3, 0.4) is 0 Å². The van der Waals surface area contributed by atoms with Gasteiger partial charge >= 0.3 is 5.97 Å².